The third-order valence-electron chi connectivity index (χ3n) is 2.90. The van der Waals surface area contributed by atoms with Gasteiger partial charge in [0.05, 0.1) is 19.3 Å². The zero-order valence-corrected chi connectivity index (χ0v) is 13.2. The second-order valence-electron chi connectivity index (χ2n) is 4.25. The van der Waals surface area contributed by atoms with Crippen LogP contribution in [0.3, 0.4) is 0 Å². The molecule has 0 aliphatic rings. The Hall–Kier alpha value is -1.88. The monoisotopic (exact) mass is 352 g/mol. The highest BCUT2D eigenvalue weighted by Gasteiger charge is 2.17. The Bertz CT molecular complexity index is 671. The van der Waals surface area contributed by atoms with Gasteiger partial charge < -0.3 is 9.47 Å². The van der Waals surface area contributed by atoms with Crippen molar-refractivity contribution in [1.82, 2.24) is 0 Å². The summed E-state index contributed by atoms with van der Waals surface area (Å²) < 4.78 is 24.8. The first kappa shape index (κ1) is 15.5. The van der Waals surface area contributed by atoms with Crippen LogP contribution in [0.4, 0.5) is 4.39 Å². The molecular weight excluding hydrogens is 339 g/mol. The van der Waals surface area contributed by atoms with Gasteiger partial charge in [-0.25, -0.2) is 4.39 Å². The highest BCUT2D eigenvalue weighted by Crippen LogP contribution is 2.27. The molecule has 0 aliphatic heterocycles. The second-order valence-corrected chi connectivity index (χ2v) is 5.17. The molecule has 3 nitrogen and oxygen atoms in total. The van der Waals surface area contributed by atoms with Crippen LogP contribution < -0.4 is 9.47 Å². The first-order valence-corrected chi connectivity index (χ1v) is 7.16. The molecule has 0 amide bonds. The van der Waals surface area contributed by atoms with E-state index in [-0.39, 0.29) is 17.1 Å². The molecule has 110 valence electrons. The zero-order valence-electron chi connectivity index (χ0n) is 11.7. The number of hydrogen-bond donors (Lipinski definition) is 0. The number of benzene rings is 2. The van der Waals surface area contributed by atoms with E-state index in [0.717, 1.165) is 10.5 Å². The lowest BCUT2D eigenvalue weighted by Crippen LogP contribution is -2.06. The zero-order chi connectivity index (χ0) is 15.4. The van der Waals surface area contributed by atoms with Gasteiger partial charge in [0.25, 0.3) is 0 Å². The topological polar surface area (TPSA) is 35.5 Å². The van der Waals surface area contributed by atoms with E-state index in [0.29, 0.717) is 17.9 Å². The summed E-state index contributed by atoms with van der Waals surface area (Å²) in [5.74, 6) is -0.301. The molecule has 0 heterocycles. The van der Waals surface area contributed by atoms with Crippen molar-refractivity contribution in [3.8, 4) is 11.5 Å². The third-order valence-corrected chi connectivity index (χ3v) is 3.39. The van der Waals surface area contributed by atoms with Crippen LogP contribution in [0.25, 0.3) is 0 Å². The smallest absolute Gasteiger partial charge is 0.196 e. The van der Waals surface area contributed by atoms with Crippen LogP contribution >= 0.6 is 15.9 Å². The van der Waals surface area contributed by atoms with E-state index in [1.54, 1.807) is 18.2 Å². The number of rotatable bonds is 5. The van der Waals surface area contributed by atoms with Gasteiger partial charge in [0, 0.05) is 10.0 Å². The van der Waals surface area contributed by atoms with Crippen molar-refractivity contribution >= 4 is 21.7 Å². The number of carbonyl (C=O) groups is 1. The van der Waals surface area contributed by atoms with E-state index >= 15 is 0 Å². The molecule has 0 saturated carbocycles. The summed E-state index contributed by atoms with van der Waals surface area (Å²) in [7, 11) is 1.38. The molecule has 0 saturated heterocycles. The lowest BCUT2D eigenvalue weighted by molar-refractivity contribution is 0.103. The van der Waals surface area contributed by atoms with Crippen LogP contribution in [-0.4, -0.2) is 19.5 Å². The molecule has 0 atom stereocenters. The van der Waals surface area contributed by atoms with E-state index in [9.17, 15) is 9.18 Å². The third kappa shape index (κ3) is 3.42. The lowest BCUT2D eigenvalue weighted by Gasteiger charge is -2.10. The molecule has 21 heavy (non-hydrogen) atoms. The average molecular weight is 353 g/mol. The van der Waals surface area contributed by atoms with Crippen LogP contribution in [0.15, 0.2) is 40.9 Å². The fraction of sp³-hybridized carbons (Fsp3) is 0.188. The minimum absolute atomic E-state index is 0.103. The van der Waals surface area contributed by atoms with Gasteiger partial charge >= 0.3 is 0 Å². The number of halogens is 2. The Morgan fingerprint density at radius 1 is 1.19 bits per heavy atom. The van der Waals surface area contributed by atoms with Crippen LogP contribution in [0, 0.1) is 5.82 Å². The molecule has 0 bridgehead atoms. The quantitative estimate of drug-likeness (QED) is 0.755. The van der Waals surface area contributed by atoms with Gasteiger partial charge in [-0.05, 0) is 43.3 Å². The van der Waals surface area contributed by atoms with Crippen molar-refractivity contribution in [3.63, 3.8) is 0 Å². The molecule has 0 aromatic heterocycles. The Morgan fingerprint density at radius 3 is 2.52 bits per heavy atom. The highest BCUT2D eigenvalue weighted by atomic mass is 79.9. The van der Waals surface area contributed by atoms with Gasteiger partial charge in [-0.3, -0.25) is 4.79 Å². The molecule has 0 N–H and O–H groups in total. The predicted octanol–water partition coefficient (Wildman–Crippen LogP) is 4.23. The van der Waals surface area contributed by atoms with Crippen molar-refractivity contribution in [2.24, 2.45) is 0 Å². The number of methoxy groups -OCH3 is 1. The molecule has 0 fully saturated rings. The van der Waals surface area contributed by atoms with E-state index < -0.39 is 5.82 Å². The van der Waals surface area contributed by atoms with Gasteiger partial charge in [-0.15, -0.1) is 0 Å². The first-order valence-electron chi connectivity index (χ1n) is 6.37. The second kappa shape index (κ2) is 6.72. The van der Waals surface area contributed by atoms with Gasteiger partial charge in [0.15, 0.2) is 17.3 Å². The minimum Gasteiger partial charge on any atom is -0.494 e. The van der Waals surface area contributed by atoms with Gasteiger partial charge in [-0.1, -0.05) is 15.9 Å². The Balaban J connectivity index is 2.44. The SMILES string of the molecule is CCOc1ccc(Br)cc1C(=O)c1ccc(OC)c(F)c1. The van der Waals surface area contributed by atoms with Crippen molar-refractivity contribution in [1.29, 1.82) is 0 Å². The van der Waals surface area contributed by atoms with E-state index in [4.69, 9.17) is 9.47 Å². The van der Waals surface area contributed by atoms with Crippen molar-refractivity contribution in [2.75, 3.05) is 13.7 Å². The summed E-state index contributed by atoms with van der Waals surface area (Å²) in [5, 5.41) is 0. The number of ether oxygens (including phenoxy) is 2. The summed E-state index contributed by atoms with van der Waals surface area (Å²) in [6.45, 7) is 2.28. The van der Waals surface area contributed by atoms with Crippen LogP contribution in [0.5, 0.6) is 11.5 Å². The van der Waals surface area contributed by atoms with Crippen LogP contribution in [0.1, 0.15) is 22.8 Å². The molecule has 0 spiro atoms. The van der Waals surface area contributed by atoms with Gasteiger partial charge in [-0.2, -0.15) is 0 Å². The highest BCUT2D eigenvalue weighted by molar-refractivity contribution is 9.10. The first-order chi connectivity index (χ1) is 10.1. The Morgan fingerprint density at radius 2 is 1.90 bits per heavy atom. The Labute approximate surface area is 130 Å². The van der Waals surface area contributed by atoms with Crippen molar-refractivity contribution in [2.45, 2.75) is 6.92 Å². The average Bonchev–Trinajstić information content (AvgIpc) is 2.48. The molecule has 2 aromatic rings. The number of carbonyl (C=O) groups excluding carboxylic acids is 1. The molecular formula is C16H14BrFO3. The standard InChI is InChI=1S/C16H14BrFO3/c1-3-21-14-7-5-11(17)9-12(14)16(19)10-4-6-15(20-2)13(18)8-10/h4-9H,3H2,1-2H3. The number of hydrogen-bond acceptors (Lipinski definition) is 3. The predicted molar refractivity (Wildman–Crippen MR) is 81.7 cm³/mol. The normalized spacial score (nSPS) is 10.3. The lowest BCUT2D eigenvalue weighted by atomic mass is 10.0. The molecule has 0 unspecified atom stereocenters. The fourth-order valence-corrected chi connectivity index (χ4v) is 2.29. The fourth-order valence-electron chi connectivity index (χ4n) is 1.92. The van der Waals surface area contributed by atoms with Crippen molar-refractivity contribution < 1.29 is 18.7 Å². The minimum atomic E-state index is -0.573. The summed E-state index contributed by atoms with van der Waals surface area (Å²) >= 11 is 3.32. The van der Waals surface area contributed by atoms with Gasteiger partial charge in [0.1, 0.15) is 5.75 Å². The molecule has 5 heteroatoms. The van der Waals surface area contributed by atoms with E-state index in [2.05, 4.69) is 15.9 Å². The van der Waals surface area contributed by atoms with Crippen LogP contribution in [0.2, 0.25) is 0 Å². The maximum atomic E-state index is 13.7. The maximum Gasteiger partial charge on any atom is 0.196 e. The number of ketones is 1. The summed E-state index contributed by atoms with van der Waals surface area (Å²) in [4.78, 5) is 12.5. The van der Waals surface area contributed by atoms with Crippen LogP contribution in [-0.2, 0) is 0 Å². The van der Waals surface area contributed by atoms with E-state index in [1.165, 1.54) is 19.2 Å². The molecule has 0 radical (unpaired) electrons. The molecule has 2 aromatic carbocycles. The summed E-state index contributed by atoms with van der Waals surface area (Å²) in [6, 6.07) is 9.28. The largest absolute Gasteiger partial charge is 0.494 e. The van der Waals surface area contributed by atoms with Crippen molar-refractivity contribution in [3.05, 3.63) is 57.8 Å². The molecule has 0 aliphatic carbocycles. The Kier molecular flexibility index (Phi) is 4.96. The summed E-state index contributed by atoms with van der Waals surface area (Å²) in [6.07, 6.45) is 0. The maximum absolute atomic E-state index is 13.7. The summed E-state index contributed by atoms with van der Waals surface area (Å²) in [5.41, 5.74) is 0.628. The van der Waals surface area contributed by atoms with E-state index in [1.807, 2.05) is 6.92 Å². The van der Waals surface area contributed by atoms with Gasteiger partial charge in [0.2, 0.25) is 0 Å². The molecule has 2 rings (SSSR count).